The lowest BCUT2D eigenvalue weighted by Crippen LogP contribution is -2.44. The normalized spacial score (nSPS) is 15.5. The van der Waals surface area contributed by atoms with Gasteiger partial charge in [0.05, 0.1) is 0 Å². The van der Waals surface area contributed by atoms with Crippen molar-refractivity contribution in [1.82, 2.24) is 10.2 Å². The molecule has 1 aliphatic heterocycles. The zero-order valence-electron chi connectivity index (χ0n) is 13.5. The molecule has 22 heavy (non-hydrogen) atoms. The summed E-state index contributed by atoms with van der Waals surface area (Å²) >= 11 is 0. The second-order valence-electron chi connectivity index (χ2n) is 5.76. The number of ether oxygens (including phenoxy) is 1. The highest BCUT2D eigenvalue weighted by molar-refractivity contribution is 5.80. The van der Waals surface area contributed by atoms with Gasteiger partial charge in [-0.05, 0) is 43.9 Å². The van der Waals surface area contributed by atoms with Crippen LogP contribution in [0.1, 0.15) is 24.0 Å². The van der Waals surface area contributed by atoms with Gasteiger partial charge in [0.2, 0.25) is 5.91 Å². The van der Waals surface area contributed by atoms with Gasteiger partial charge < -0.3 is 15.0 Å². The maximum absolute atomic E-state index is 12.2. The molecule has 0 unspecified atom stereocenters. The first kappa shape index (κ1) is 16.3. The largest absolute Gasteiger partial charge is 0.483 e. The Bertz CT molecular complexity index is 549. The second-order valence-corrected chi connectivity index (χ2v) is 5.76. The molecule has 0 bridgehead atoms. The molecular formula is C17H24N2O3. The number of aryl methyl sites for hydroxylation is 1. The molecule has 1 fully saturated rings. The molecule has 1 saturated heterocycles. The van der Waals surface area contributed by atoms with Gasteiger partial charge in [-0.25, -0.2) is 0 Å². The second kappa shape index (κ2) is 7.29. The van der Waals surface area contributed by atoms with E-state index < -0.39 is 0 Å². The Hall–Kier alpha value is -2.04. The Morgan fingerprint density at radius 2 is 1.95 bits per heavy atom. The number of rotatable bonds is 4. The number of nitrogens with zero attached hydrogens (tertiary/aromatic N) is 1. The molecule has 1 heterocycles. The molecule has 2 amide bonds. The Balaban J connectivity index is 1.84. The van der Waals surface area contributed by atoms with Crippen LogP contribution < -0.4 is 10.1 Å². The first-order chi connectivity index (χ1) is 10.5. The fourth-order valence-corrected chi connectivity index (χ4v) is 2.71. The van der Waals surface area contributed by atoms with E-state index in [1.54, 1.807) is 11.9 Å². The van der Waals surface area contributed by atoms with Crippen LogP contribution in [0, 0.1) is 19.8 Å². The first-order valence-electron chi connectivity index (χ1n) is 7.71. The minimum atomic E-state index is -0.0173. The summed E-state index contributed by atoms with van der Waals surface area (Å²) in [7, 11) is 1.65. The molecule has 1 N–H and O–H groups in total. The summed E-state index contributed by atoms with van der Waals surface area (Å²) in [5.41, 5.74) is 2.21. The zero-order chi connectivity index (χ0) is 16.1. The summed E-state index contributed by atoms with van der Waals surface area (Å²) in [5.74, 6) is 0.831. The number of nitrogens with one attached hydrogen (secondary N) is 1. The van der Waals surface area contributed by atoms with E-state index in [1.165, 1.54) is 0 Å². The fourth-order valence-electron chi connectivity index (χ4n) is 2.71. The fraction of sp³-hybridized carbons (Fsp3) is 0.529. The van der Waals surface area contributed by atoms with Crippen LogP contribution in [0.3, 0.4) is 0 Å². The van der Waals surface area contributed by atoms with E-state index in [0.29, 0.717) is 13.1 Å². The summed E-state index contributed by atoms with van der Waals surface area (Å²) in [6, 6.07) is 5.83. The van der Waals surface area contributed by atoms with Gasteiger partial charge in [0.25, 0.3) is 5.91 Å². The number of benzene rings is 1. The number of carbonyl (C=O) groups excluding carboxylic acids is 2. The van der Waals surface area contributed by atoms with E-state index in [1.807, 2.05) is 32.0 Å². The van der Waals surface area contributed by atoms with Crippen molar-refractivity contribution >= 4 is 11.8 Å². The van der Waals surface area contributed by atoms with E-state index in [2.05, 4.69) is 5.32 Å². The predicted octanol–water partition coefficient (Wildman–Crippen LogP) is 1.67. The van der Waals surface area contributed by atoms with E-state index >= 15 is 0 Å². The van der Waals surface area contributed by atoms with Gasteiger partial charge in [-0.1, -0.05) is 12.1 Å². The van der Waals surface area contributed by atoms with Crippen molar-refractivity contribution in [2.24, 2.45) is 5.92 Å². The highest BCUT2D eigenvalue weighted by Gasteiger charge is 2.26. The third-order valence-corrected chi connectivity index (χ3v) is 4.37. The average molecular weight is 304 g/mol. The Labute approximate surface area is 131 Å². The highest BCUT2D eigenvalue weighted by Crippen LogP contribution is 2.21. The molecule has 0 atom stereocenters. The Morgan fingerprint density at radius 1 is 1.27 bits per heavy atom. The lowest BCUT2D eigenvalue weighted by atomic mass is 9.96. The molecule has 0 aromatic heterocycles. The van der Waals surface area contributed by atoms with Gasteiger partial charge in [0.1, 0.15) is 5.75 Å². The van der Waals surface area contributed by atoms with Gasteiger partial charge in [-0.2, -0.15) is 0 Å². The molecule has 2 rings (SSSR count). The van der Waals surface area contributed by atoms with Crippen molar-refractivity contribution in [3.8, 4) is 5.75 Å². The Kier molecular flexibility index (Phi) is 5.41. The Morgan fingerprint density at radius 3 is 2.59 bits per heavy atom. The van der Waals surface area contributed by atoms with Crippen LogP contribution in [0.25, 0.3) is 0 Å². The molecule has 0 radical (unpaired) electrons. The lowest BCUT2D eigenvalue weighted by molar-refractivity contribution is -0.137. The molecule has 0 spiro atoms. The molecule has 1 aromatic rings. The van der Waals surface area contributed by atoms with Crippen molar-refractivity contribution < 1.29 is 14.3 Å². The molecule has 5 heteroatoms. The van der Waals surface area contributed by atoms with Gasteiger partial charge in [0.15, 0.2) is 6.61 Å². The quantitative estimate of drug-likeness (QED) is 0.920. The first-order valence-corrected chi connectivity index (χ1v) is 7.71. The van der Waals surface area contributed by atoms with Gasteiger partial charge in [-0.3, -0.25) is 9.59 Å². The van der Waals surface area contributed by atoms with Crippen molar-refractivity contribution in [3.63, 3.8) is 0 Å². The van der Waals surface area contributed by atoms with Gasteiger partial charge in [-0.15, -0.1) is 0 Å². The summed E-state index contributed by atoms with van der Waals surface area (Å²) in [5, 5.41) is 2.67. The minimum absolute atomic E-state index is 0.0173. The molecule has 1 aromatic carbocycles. The van der Waals surface area contributed by atoms with Crippen LogP contribution in [0.5, 0.6) is 5.75 Å². The van der Waals surface area contributed by atoms with Gasteiger partial charge >= 0.3 is 0 Å². The number of likely N-dealkylation sites (tertiary alicyclic amines) is 1. The number of hydrogen-bond donors (Lipinski definition) is 1. The number of amides is 2. The summed E-state index contributed by atoms with van der Waals surface area (Å²) in [6.07, 6.45) is 1.43. The number of hydrogen-bond acceptors (Lipinski definition) is 3. The molecule has 1 aliphatic rings. The minimum Gasteiger partial charge on any atom is -0.483 e. The third-order valence-electron chi connectivity index (χ3n) is 4.37. The van der Waals surface area contributed by atoms with E-state index in [4.69, 9.17) is 4.74 Å². The van der Waals surface area contributed by atoms with E-state index in [-0.39, 0.29) is 24.3 Å². The summed E-state index contributed by atoms with van der Waals surface area (Å²) < 4.78 is 5.66. The molecule has 0 saturated carbocycles. The standard InChI is InChI=1S/C17H24N2O3/c1-12-5-4-6-15(13(12)2)22-11-16(20)19-9-7-14(8-10-19)17(21)18-3/h4-6,14H,7-11H2,1-3H3,(H,18,21). The smallest absolute Gasteiger partial charge is 0.260 e. The topological polar surface area (TPSA) is 58.6 Å². The monoisotopic (exact) mass is 304 g/mol. The SMILES string of the molecule is CNC(=O)C1CCN(C(=O)COc2cccc(C)c2C)CC1. The molecular weight excluding hydrogens is 280 g/mol. The zero-order valence-corrected chi connectivity index (χ0v) is 13.5. The predicted molar refractivity (Wildman–Crippen MR) is 84.8 cm³/mol. The van der Waals surface area contributed by atoms with E-state index in [9.17, 15) is 9.59 Å². The molecule has 5 nitrogen and oxygen atoms in total. The number of piperidine rings is 1. The average Bonchev–Trinajstić information content (AvgIpc) is 2.55. The van der Waals surface area contributed by atoms with Crippen LogP contribution in [0.2, 0.25) is 0 Å². The van der Waals surface area contributed by atoms with Gasteiger partial charge in [0, 0.05) is 26.1 Å². The van der Waals surface area contributed by atoms with E-state index in [0.717, 1.165) is 29.7 Å². The summed E-state index contributed by atoms with van der Waals surface area (Å²) in [4.78, 5) is 25.6. The van der Waals surface area contributed by atoms with Crippen LogP contribution >= 0.6 is 0 Å². The van der Waals surface area contributed by atoms with Crippen LogP contribution in [0.4, 0.5) is 0 Å². The molecule has 0 aliphatic carbocycles. The van der Waals surface area contributed by atoms with Crippen molar-refractivity contribution in [3.05, 3.63) is 29.3 Å². The highest BCUT2D eigenvalue weighted by atomic mass is 16.5. The van der Waals surface area contributed by atoms with Crippen molar-refractivity contribution in [2.75, 3.05) is 26.7 Å². The summed E-state index contributed by atoms with van der Waals surface area (Å²) in [6.45, 7) is 5.30. The van der Waals surface area contributed by atoms with Crippen molar-refractivity contribution in [1.29, 1.82) is 0 Å². The van der Waals surface area contributed by atoms with Crippen molar-refractivity contribution in [2.45, 2.75) is 26.7 Å². The van der Waals surface area contributed by atoms with Crippen LogP contribution in [0.15, 0.2) is 18.2 Å². The maximum Gasteiger partial charge on any atom is 0.260 e. The maximum atomic E-state index is 12.2. The number of carbonyl (C=O) groups is 2. The lowest BCUT2D eigenvalue weighted by Gasteiger charge is -2.31. The van der Waals surface area contributed by atoms with Crippen LogP contribution in [-0.4, -0.2) is 43.5 Å². The van der Waals surface area contributed by atoms with Crippen LogP contribution in [-0.2, 0) is 9.59 Å². The third kappa shape index (κ3) is 3.78. The molecule has 120 valence electrons.